The third-order valence-corrected chi connectivity index (χ3v) is 3.18. The minimum atomic E-state index is -0.563. The number of carbonyl (C=O) groups is 2. The third kappa shape index (κ3) is 1.96. The van der Waals surface area contributed by atoms with Crippen molar-refractivity contribution >= 4 is 17.5 Å². The first kappa shape index (κ1) is 12.5. The number of hydrogen-bond acceptors (Lipinski definition) is 2. The Hall–Kier alpha value is -1.91. The summed E-state index contributed by atoms with van der Waals surface area (Å²) in [7, 11) is 0. The van der Waals surface area contributed by atoms with E-state index in [1.165, 1.54) is 11.0 Å². The van der Waals surface area contributed by atoms with Crippen LogP contribution in [-0.4, -0.2) is 24.4 Å². The molecule has 1 atom stereocenters. The minimum Gasteiger partial charge on any atom is -0.345 e. The van der Waals surface area contributed by atoms with Crippen LogP contribution in [0.1, 0.15) is 18.9 Å². The number of nitrogens with one attached hydrogen (secondary N) is 1. The summed E-state index contributed by atoms with van der Waals surface area (Å²) in [6.45, 7) is 3.40. The van der Waals surface area contributed by atoms with Crippen LogP contribution < -0.4 is 10.2 Å². The largest absolute Gasteiger partial charge is 0.345 e. The van der Waals surface area contributed by atoms with E-state index in [9.17, 15) is 14.0 Å². The number of nitrogens with zero attached hydrogens (tertiary/aromatic N) is 1. The van der Waals surface area contributed by atoms with Gasteiger partial charge in [-0.15, -0.1) is 0 Å². The molecule has 1 saturated heterocycles. The van der Waals surface area contributed by atoms with Gasteiger partial charge in [0.05, 0.1) is 12.2 Å². The van der Waals surface area contributed by atoms with E-state index in [1.54, 1.807) is 19.1 Å². The molecule has 1 fully saturated rings. The molecule has 1 unspecified atom stereocenters. The van der Waals surface area contributed by atoms with Crippen LogP contribution in [0.4, 0.5) is 10.1 Å². The number of amides is 2. The van der Waals surface area contributed by atoms with Crippen LogP contribution in [0.5, 0.6) is 0 Å². The fourth-order valence-corrected chi connectivity index (χ4v) is 2.18. The molecule has 4 nitrogen and oxygen atoms in total. The average Bonchev–Trinajstić information content (AvgIpc) is 2.36. The highest BCUT2D eigenvalue weighted by Gasteiger charge is 2.35. The summed E-state index contributed by atoms with van der Waals surface area (Å²) in [4.78, 5) is 25.1. The molecule has 96 valence electrons. The average molecular weight is 250 g/mol. The van der Waals surface area contributed by atoms with Crippen LogP contribution in [0.3, 0.4) is 0 Å². The molecule has 2 amide bonds. The van der Waals surface area contributed by atoms with Gasteiger partial charge >= 0.3 is 0 Å². The van der Waals surface area contributed by atoms with Gasteiger partial charge in [0.1, 0.15) is 11.9 Å². The summed E-state index contributed by atoms with van der Waals surface area (Å²) in [6.07, 6.45) is 0.494. The van der Waals surface area contributed by atoms with Gasteiger partial charge < -0.3 is 5.32 Å². The van der Waals surface area contributed by atoms with Crippen molar-refractivity contribution in [3.8, 4) is 0 Å². The fraction of sp³-hybridized carbons (Fsp3) is 0.385. The standard InChI is InChI=1S/C13H15FN2O2/c1-3-10-13(18)15-7-12(17)16(10)11-6-4-5-9(14)8(11)2/h4-6,10H,3,7H2,1-2H3,(H,15,18). The van der Waals surface area contributed by atoms with Crippen molar-refractivity contribution in [2.45, 2.75) is 26.3 Å². The van der Waals surface area contributed by atoms with E-state index in [4.69, 9.17) is 0 Å². The minimum absolute atomic E-state index is 0.0364. The topological polar surface area (TPSA) is 49.4 Å². The molecule has 0 bridgehead atoms. The summed E-state index contributed by atoms with van der Waals surface area (Å²) in [5.74, 6) is -0.781. The Kier molecular flexibility index (Phi) is 3.32. The molecule has 1 aliphatic heterocycles. The van der Waals surface area contributed by atoms with Gasteiger partial charge in [0.25, 0.3) is 0 Å². The van der Waals surface area contributed by atoms with Gasteiger partial charge in [0.15, 0.2) is 0 Å². The van der Waals surface area contributed by atoms with Crippen LogP contribution in [-0.2, 0) is 9.59 Å². The summed E-state index contributed by atoms with van der Waals surface area (Å²) in [6, 6.07) is 3.99. The van der Waals surface area contributed by atoms with Crippen LogP contribution in [0.15, 0.2) is 18.2 Å². The quantitative estimate of drug-likeness (QED) is 0.862. The van der Waals surface area contributed by atoms with E-state index >= 15 is 0 Å². The maximum Gasteiger partial charge on any atom is 0.247 e. The van der Waals surface area contributed by atoms with Gasteiger partial charge in [-0.05, 0) is 25.5 Å². The Balaban J connectivity index is 2.48. The Morgan fingerprint density at radius 3 is 2.83 bits per heavy atom. The third-order valence-electron chi connectivity index (χ3n) is 3.18. The van der Waals surface area contributed by atoms with Crippen molar-refractivity contribution in [2.24, 2.45) is 0 Å². The number of halogens is 1. The van der Waals surface area contributed by atoms with Crippen LogP contribution in [0.2, 0.25) is 0 Å². The number of rotatable bonds is 2. The second-order valence-electron chi connectivity index (χ2n) is 4.29. The van der Waals surface area contributed by atoms with Crippen molar-refractivity contribution in [1.82, 2.24) is 5.32 Å². The van der Waals surface area contributed by atoms with Gasteiger partial charge in [0, 0.05) is 5.56 Å². The summed E-state index contributed by atoms with van der Waals surface area (Å²) < 4.78 is 13.6. The number of piperazine rings is 1. The van der Waals surface area contributed by atoms with Crippen molar-refractivity contribution in [3.63, 3.8) is 0 Å². The molecule has 1 aliphatic rings. The second kappa shape index (κ2) is 4.76. The molecule has 5 heteroatoms. The maximum absolute atomic E-state index is 13.6. The molecule has 0 aromatic heterocycles. The fourth-order valence-electron chi connectivity index (χ4n) is 2.18. The predicted molar refractivity (Wildman–Crippen MR) is 65.7 cm³/mol. The highest BCUT2D eigenvalue weighted by Crippen LogP contribution is 2.26. The summed E-state index contributed by atoms with van der Waals surface area (Å²) in [5, 5.41) is 2.54. The first-order valence-electron chi connectivity index (χ1n) is 5.91. The molecule has 2 rings (SSSR count). The van der Waals surface area contributed by atoms with Crippen LogP contribution >= 0.6 is 0 Å². The monoisotopic (exact) mass is 250 g/mol. The molecule has 1 N–H and O–H groups in total. The molecule has 0 aliphatic carbocycles. The summed E-state index contributed by atoms with van der Waals surface area (Å²) >= 11 is 0. The second-order valence-corrected chi connectivity index (χ2v) is 4.29. The van der Waals surface area contributed by atoms with E-state index < -0.39 is 6.04 Å². The molecule has 1 aromatic carbocycles. The zero-order valence-corrected chi connectivity index (χ0v) is 10.4. The van der Waals surface area contributed by atoms with Crippen molar-refractivity contribution < 1.29 is 14.0 Å². The lowest BCUT2D eigenvalue weighted by molar-refractivity contribution is -0.131. The SMILES string of the molecule is CCC1C(=O)NCC(=O)N1c1cccc(F)c1C. The lowest BCUT2D eigenvalue weighted by Gasteiger charge is -2.35. The van der Waals surface area contributed by atoms with Crippen molar-refractivity contribution in [3.05, 3.63) is 29.6 Å². The zero-order valence-electron chi connectivity index (χ0n) is 10.4. The highest BCUT2D eigenvalue weighted by molar-refractivity contribution is 6.06. The molecule has 1 aromatic rings. The molecule has 0 saturated carbocycles. The van der Waals surface area contributed by atoms with E-state index in [1.807, 2.05) is 6.92 Å². The van der Waals surface area contributed by atoms with Gasteiger partial charge in [-0.3, -0.25) is 14.5 Å². The maximum atomic E-state index is 13.6. The Bertz CT molecular complexity index is 502. The smallest absolute Gasteiger partial charge is 0.247 e. The number of anilines is 1. The van der Waals surface area contributed by atoms with E-state index in [-0.39, 0.29) is 24.2 Å². The van der Waals surface area contributed by atoms with E-state index in [2.05, 4.69) is 5.32 Å². The van der Waals surface area contributed by atoms with E-state index in [0.29, 0.717) is 17.7 Å². The molecular weight excluding hydrogens is 235 g/mol. The number of benzene rings is 1. The van der Waals surface area contributed by atoms with Gasteiger partial charge in [-0.1, -0.05) is 13.0 Å². The van der Waals surface area contributed by atoms with Gasteiger partial charge in [0.2, 0.25) is 11.8 Å². The van der Waals surface area contributed by atoms with Crippen molar-refractivity contribution in [2.75, 3.05) is 11.4 Å². The van der Waals surface area contributed by atoms with Gasteiger partial charge in [-0.25, -0.2) is 4.39 Å². The lowest BCUT2D eigenvalue weighted by Crippen LogP contribution is -2.58. The van der Waals surface area contributed by atoms with E-state index in [0.717, 1.165) is 0 Å². The highest BCUT2D eigenvalue weighted by atomic mass is 19.1. The Morgan fingerprint density at radius 2 is 2.17 bits per heavy atom. The van der Waals surface area contributed by atoms with Crippen LogP contribution in [0, 0.1) is 12.7 Å². The number of carbonyl (C=O) groups excluding carboxylic acids is 2. The molecule has 0 radical (unpaired) electrons. The Labute approximate surface area is 105 Å². The first-order valence-corrected chi connectivity index (χ1v) is 5.91. The molecule has 1 heterocycles. The van der Waals surface area contributed by atoms with Gasteiger partial charge in [-0.2, -0.15) is 0 Å². The normalized spacial score (nSPS) is 19.9. The predicted octanol–water partition coefficient (Wildman–Crippen LogP) is 1.38. The van der Waals surface area contributed by atoms with Crippen molar-refractivity contribution in [1.29, 1.82) is 0 Å². The molecule has 18 heavy (non-hydrogen) atoms. The molecular formula is C13H15FN2O2. The lowest BCUT2D eigenvalue weighted by atomic mass is 10.1. The molecule has 0 spiro atoms. The van der Waals surface area contributed by atoms with Crippen LogP contribution in [0.25, 0.3) is 0 Å². The first-order chi connectivity index (χ1) is 8.56. The summed E-state index contributed by atoms with van der Waals surface area (Å²) in [5.41, 5.74) is 0.862. The zero-order chi connectivity index (χ0) is 13.3. The number of hydrogen-bond donors (Lipinski definition) is 1. The Morgan fingerprint density at radius 1 is 1.44 bits per heavy atom.